The van der Waals surface area contributed by atoms with Crippen LogP contribution in [0.25, 0.3) is 0 Å². The van der Waals surface area contributed by atoms with Gasteiger partial charge in [-0.2, -0.15) is 0 Å². The molecule has 0 aromatic rings. The number of hydrogen-bond donors (Lipinski definition) is 0. The summed E-state index contributed by atoms with van der Waals surface area (Å²) in [6, 6.07) is 0. The molecule has 0 radical (unpaired) electrons. The molecule has 0 bridgehead atoms. The number of carbonyl (C=O) groups excluding carboxylic acids is 3. The first-order chi connectivity index (χ1) is 37.0. The minimum absolute atomic E-state index is 0.0831. The minimum atomic E-state index is -0.785. The van der Waals surface area contributed by atoms with Crippen LogP contribution in [-0.4, -0.2) is 37.2 Å². The molecule has 6 heteroatoms. The summed E-state index contributed by atoms with van der Waals surface area (Å²) >= 11 is 0. The fourth-order valence-electron chi connectivity index (χ4n) is 9.09. The van der Waals surface area contributed by atoms with E-state index in [9.17, 15) is 14.4 Å². The maximum Gasteiger partial charge on any atom is 0.306 e. The highest BCUT2D eigenvalue weighted by Gasteiger charge is 2.19. The van der Waals surface area contributed by atoms with Crippen LogP contribution >= 0.6 is 0 Å². The van der Waals surface area contributed by atoms with Crippen LogP contribution in [0.2, 0.25) is 0 Å². The zero-order valence-corrected chi connectivity index (χ0v) is 49.6. The van der Waals surface area contributed by atoms with E-state index in [0.717, 1.165) is 116 Å². The second-order valence-corrected chi connectivity index (χ2v) is 21.3. The van der Waals surface area contributed by atoms with E-state index in [2.05, 4.69) is 106 Å². The molecule has 0 saturated heterocycles. The second kappa shape index (κ2) is 63.1. The van der Waals surface area contributed by atoms with Gasteiger partial charge >= 0.3 is 17.9 Å². The molecule has 0 aliphatic carbocycles. The van der Waals surface area contributed by atoms with Crippen LogP contribution in [0, 0.1) is 0 Å². The van der Waals surface area contributed by atoms with Crippen molar-refractivity contribution >= 4 is 17.9 Å². The molecule has 0 spiro atoms. The number of rotatable bonds is 58. The Morgan fingerprint density at radius 3 is 0.853 bits per heavy atom. The lowest BCUT2D eigenvalue weighted by Crippen LogP contribution is -2.30. The Hall–Kier alpha value is -3.41. The predicted molar refractivity (Wildman–Crippen MR) is 325 cm³/mol. The molecule has 432 valence electrons. The quantitative estimate of drug-likeness (QED) is 0.0261. The van der Waals surface area contributed by atoms with Crippen molar-refractivity contribution < 1.29 is 28.6 Å². The van der Waals surface area contributed by atoms with E-state index < -0.39 is 6.10 Å². The third kappa shape index (κ3) is 61.3. The van der Waals surface area contributed by atoms with Gasteiger partial charge in [0.05, 0.1) is 0 Å². The van der Waals surface area contributed by atoms with E-state index in [1.807, 2.05) is 0 Å². The van der Waals surface area contributed by atoms with Gasteiger partial charge in [-0.15, -0.1) is 0 Å². The Kier molecular flexibility index (Phi) is 60.3. The van der Waals surface area contributed by atoms with E-state index in [0.29, 0.717) is 19.3 Å². The number of hydrogen-bond acceptors (Lipinski definition) is 6. The second-order valence-electron chi connectivity index (χ2n) is 21.3. The van der Waals surface area contributed by atoms with Crippen LogP contribution in [0.5, 0.6) is 0 Å². The lowest BCUT2D eigenvalue weighted by atomic mass is 10.0. The molecule has 0 aliphatic rings. The Balaban J connectivity index is 4.33. The molecule has 0 saturated carbocycles. The number of allylic oxidation sites excluding steroid dienone is 14. The SMILES string of the molecule is CC/C=C\C/C=C\C/C=C\C/C=C\C/C=C\C/C=C\CCCCCCCCC(=O)OCC(COC(=O)CCCCCCC/C=C\CCCCC)OC(=O)CCCCCCCCCCCCCCCCCCCCCC. The number of carbonyl (C=O) groups is 3. The van der Waals surface area contributed by atoms with Gasteiger partial charge in [0.1, 0.15) is 13.2 Å². The maximum atomic E-state index is 12.9. The molecule has 0 aliphatic heterocycles. The average Bonchev–Trinajstić information content (AvgIpc) is 3.41. The molecule has 0 N–H and O–H groups in total. The third-order valence-corrected chi connectivity index (χ3v) is 13.9. The molecule has 0 fully saturated rings. The monoisotopic (exact) mass is 1040 g/mol. The average molecular weight is 1050 g/mol. The van der Waals surface area contributed by atoms with Crippen LogP contribution < -0.4 is 0 Å². The van der Waals surface area contributed by atoms with Gasteiger partial charge in [-0.3, -0.25) is 14.4 Å². The fraction of sp³-hybridized carbons (Fsp3) is 0.754. The topological polar surface area (TPSA) is 78.9 Å². The highest BCUT2D eigenvalue weighted by atomic mass is 16.6. The van der Waals surface area contributed by atoms with Crippen LogP contribution in [0.1, 0.15) is 316 Å². The van der Waals surface area contributed by atoms with Crippen LogP contribution in [0.15, 0.2) is 85.1 Å². The lowest BCUT2D eigenvalue weighted by Gasteiger charge is -2.18. The zero-order chi connectivity index (χ0) is 54.3. The molecule has 1 atom stereocenters. The summed E-state index contributed by atoms with van der Waals surface area (Å²) in [5.41, 5.74) is 0. The molecular weight excluding hydrogens is 925 g/mol. The van der Waals surface area contributed by atoms with E-state index in [-0.39, 0.29) is 31.1 Å². The molecule has 0 rings (SSSR count). The van der Waals surface area contributed by atoms with Crippen molar-refractivity contribution in [3.8, 4) is 0 Å². The molecule has 0 aromatic carbocycles. The molecule has 0 amide bonds. The molecule has 75 heavy (non-hydrogen) atoms. The summed E-state index contributed by atoms with van der Waals surface area (Å²) in [5, 5.41) is 0. The zero-order valence-electron chi connectivity index (χ0n) is 49.6. The fourth-order valence-corrected chi connectivity index (χ4v) is 9.09. The van der Waals surface area contributed by atoms with Crippen molar-refractivity contribution in [2.24, 2.45) is 0 Å². The molecule has 1 unspecified atom stereocenters. The highest BCUT2D eigenvalue weighted by molar-refractivity contribution is 5.71. The summed E-state index contributed by atoms with van der Waals surface area (Å²) in [6.07, 6.45) is 83.0. The predicted octanol–water partition coefficient (Wildman–Crippen LogP) is 21.9. The number of ether oxygens (including phenoxy) is 3. The Bertz CT molecular complexity index is 1430. The summed E-state index contributed by atoms with van der Waals surface area (Å²) in [6.45, 7) is 6.52. The van der Waals surface area contributed by atoms with E-state index in [4.69, 9.17) is 14.2 Å². The largest absolute Gasteiger partial charge is 0.462 e. The summed E-state index contributed by atoms with van der Waals surface area (Å²) in [4.78, 5) is 38.3. The first kappa shape index (κ1) is 71.6. The van der Waals surface area contributed by atoms with E-state index >= 15 is 0 Å². The molecular formula is C69H120O6. The molecule has 0 heterocycles. The van der Waals surface area contributed by atoms with Crippen LogP contribution in [0.4, 0.5) is 0 Å². The summed E-state index contributed by atoms with van der Waals surface area (Å²) in [5.74, 6) is -0.893. The third-order valence-electron chi connectivity index (χ3n) is 13.9. The van der Waals surface area contributed by atoms with E-state index in [1.165, 1.54) is 161 Å². The smallest absolute Gasteiger partial charge is 0.306 e. The van der Waals surface area contributed by atoms with Crippen LogP contribution in [0.3, 0.4) is 0 Å². The van der Waals surface area contributed by atoms with Gasteiger partial charge in [-0.25, -0.2) is 0 Å². The van der Waals surface area contributed by atoms with Gasteiger partial charge in [0.2, 0.25) is 0 Å². The van der Waals surface area contributed by atoms with Gasteiger partial charge < -0.3 is 14.2 Å². The number of esters is 3. The van der Waals surface area contributed by atoms with Crippen molar-refractivity contribution in [3.05, 3.63) is 85.1 Å². The van der Waals surface area contributed by atoms with Crippen molar-refractivity contribution in [1.82, 2.24) is 0 Å². The molecule has 6 nitrogen and oxygen atoms in total. The Labute approximate surface area is 465 Å². The van der Waals surface area contributed by atoms with Gasteiger partial charge in [0.25, 0.3) is 0 Å². The Morgan fingerprint density at radius 2 is 0.520 bits per heavy atom. The first-order valence-corrected chi connectivity index (χ1v) is 32.1. The van der Waals surface area contributed by atoms with Crippen molar-refractivity contribution in [1.29, 1.82) is 0 Å². The molecule has 0 aromatic heterocycles. The van der Waals surface area contributed by atoms with Gasteiger partial charge in [0.15, 0.2) is 6.10 Å². The summed E-state index contributed by atoms with van der Waals surface area (Å²) in [7, 11) is 0. The Morgan fingerprint density at radius 1 is 0.280 bits per heavy atom. The highest BCUT2D eigenvalue weighted by Crippen LogP contribution is 2.17. The van der Waals surface area contributed by atoms with Gasteiger partial charge in [-0.05, 0) is 96.3 Å². The van der Waals surface area contributed by atoms with E-state index in [1.54, 1.807) is 0 Å². The van der Waals surface area contributed by atoms with Gasteiger partial charge in [-0.1, -0.05) is 286 Å². The van der Waals surface area contributed by atoms with Crippen molar-refractivity contribution in [2.45, 2.75) is 322 Å². The van der Waals surface area contributed by atoms with Crippen molar-refractivity contribution in [3.63, 3.8) is 0 Å². The van der Waals surface area contributed by atoms with Gasteiger partial charge in [0, 0.05) is 19.3 Å². The normalized spacial score (nSPS) is 12.6. The van der Waals surface area contributed by atoms with Crippen LogP contribution in [-0.2, 0) is 28.6 Å². The minimum Gasteiger partial charge on any atom is -0.462 e. The number of unbranched alkanes of at least 4 members (excludes halogenated alkanes) is 33. The summed E-state index contributed by atoms with van der Waals surface area (Å²) < 4.78 is 16.9. The first-order valence-electron chi connectivity index (χ1n) is 32.1. The maximum absolute atomic E-state index is 12.9. The van der Waals surface area contributed by atoms with Crippen molar-refractivity contribution in [2.75, 3.05) is 13.2 Å². The standard InChI is InChI=1S/C69H120O6/c1-4-7-10-13-16-19-22-25-27-29-31-33-34-35-36-37-39-40-42-44-47-50-53-56-59-62-68(71)74-65-66(64-73-67(70)61-58-55-52-49-46-24-21-18-15-12-9-6-3)75-69(72)63-60-57-54-51-48-45-43-41-38-32-30-28-26-23-20-17-14-11-8-5-2/h7,10,16,18-19,21,25,27,31,33,35-36,39-40,66H,4-6,8-9,11-15,17,20,22-24,26,28-30,32,34,37-38,41-65H2,1-3H3/b10-7-,19-16-,21-18-,27-25-,33-31-,36-35-,40-39-. The lowest BCUT2D eigenvalue weighted by molar-refractivity contribution is -0.167.